The van der Waals surface area contributed by atoms with E-state index in [9.17, 15) is 4.79 Å². The normalized spacial score (nSPS) is 10.6. The number of likely N-dealkylation sites (N-methyl/N-ethyl adjacent to an activating group) is 1. The maximum atomic E-state index is 12.1. The van der Waals surface area contributed by atoms with E-state index in [1.54, 1.807) is 24.1 Å². The number of hydrogen-bond acceptors (Lipinski definition) is 6. The number of aryl methyl sites for hydroxylation is 1. The largest absolute Gasteiger partial charge is 0.483 e. The lowest BCUT2D eigenvalue weighted by Gasteiger charge is -2.14. The standard InChI is InChI=1S/C18H19N3O4/c1-13-6-3-4-7-14(13)24-12-17-19-16(20-25-17)9-10-21(2)18(22)15-8-5-11-23-15/h3-8,11H,9-10,12H2,1-2H3. The number of carbonyl (C=O) groups is 1. The van der Waals surface area contributed by atoms with Crippen molar-refractivity contribution in [2.75, 3.05) is 13.6 Å². The highest BCUT2D eigenvalue weighted by Crippen LogP contribution is 2.17. The van der Waals surface area contributed by atoms with Gasteiger partial charge in [-0.15, -0.1) is 0 Å². The van der Waals surface area contributed by atoms with Gasteiger partial charge in [-0.2, -0.15) is 4.98 Å². The first-order chi connectivity index (χ1) is 12.1. The van der Waals surface area contributed by atoms with Crippen LogP contribution < -0.4 is 4.74 Å². The van der Waals surface area contributed by atoms with E-state index >= 15 is 0 Å². The summed E-state index contributed by atoms with van der Waals surface area (Å²) in [4.78, 5) is 17.9. The molecule has 0 aliphatic heterocycles. The minimum Gasteiger partial charge on any atom is -0.483 e. The van der Waals surface area contributed by atoms with Gasteiger partial charge in [-0.25, -0.2) is 0 Å². The number of benzene rings is 1. The number of furan rings is 1. The summed E-state index contributed by atoms with van der Waals surface area (Å²) in [6.07, 6.45) is 1.96. The Hall–Kier alpha value is -3.09. The van der Waals surface area contributed by atoms with Crippen LogP contribution in [-0.2, 0) is 13.0 Å². The molecule has 0 spiro atoms. The molecule has 0 radical (unpaired) electrons. The summed E-state index contributed by atoms with van der Waals surface area (Å²) in [5.41, 5.74) is 1.04. The van der Waals surface area contributed by atoms with E-state index < -0.39 is 0 Å². The molecular formula is C18H19N3O4. The fourth-order valence-corrected chi connectivity index (χ4v) is 2.27. The molecule has 0 saturated carbocycles. The monoisotopic (exact) mass is 341 g/mol. The summed E-state index contributed by atoms with van der Waals surface area (Å²) in [6, 6.07) is 11.0. The minimum absolute atomic E-state index is 0.184. The first-order valence-electron chi connectivity index (χ1n) is 7.92. The predicted octanol–water partition coefficient (Wildman–Crippen LogP) is 2.86. The van der Waals surface area contributed by atoms with Gasteiger partial charge in [-0.05, 0) is 30.7 Å². The van der Waals surface area contributed by atoms with Crippen LogP contribution in [0.15, 0.2) is 51.6 Å². The van der Waals surface area contributed by atoms with Crippen molar-refractivity contribution in [2.45, 2.75) is 20.0 Å². The van der Waals surface area contributed by atoms with Gasteiger partial charge in [0.1, 0.15) is 5.75 Å². The Bertz CT molecular complexity index is 826. The fraction of sp³-hybridized carbons (Fsp3) is 0.278. The second-order valence-electron chi connectivity index (χ2n) is 5.61. The van der Waals surface area contributed by atoms with E-state index in [2.05, 4.69) is 10.1 Å². The molecule has 1 aromatic carbocycles. The van der Waals surface area contributed by atoms with Crippen LogP contribution in [0.5, 0.6) is 5.75 Å². The Balaban J connectivity index is 1.50. The predicted molar refractivity (Wildman–Crippen MR) is 89.2 cm³/mol. The highest BCUT2D eigenvalue weighted by atomic mass is 16.5. The van der Waals surface area contributed by atoms with Crippen LogP contribution in [0, 0.1) is 6.92 Å². The van der Waals surface area contributed by atoms with Crippen molar-refractivity contribution in [3.63, 3.8) is 0 Å². The van der Waals surface area contributed by atoms with Gasteiger partial charge in [-0.1, -0.05) is 23.4 Å². The summed E-state index contributed by atoms with van der Waals surface area (Å²) < 4.78 is 16.0. The van der Waals surface area contributed by atoms with Crippen molar-refractivity contribution in [1.82, 2.24) is 15.0 Å². The molecule has 0 unspecified atom stereocenters. The lowest BCUT2D eigenvalue weighted by molar-refractivity contribution is 0.0764. The average Bonchev–Trinajstić information content (AvgIpc) is 3.30. The van der Waals surface area contributed by atoms with Gasteiger partial charge in [0.2, 0.25) is 0 Å². The molecule has 2 heterocycles. The summed E-state index contributed by atoms with van der Waals surface area (Å²) in [5, 5.41) is 3.92. The van der Waals surface area contributed by atoms with Gasteiger partial charge in [0.05, 0.1) is 6.26 Å². The highest BCUT2D eigenvalue weighted by molar-refractivity contribution is 5.91. The van der Waals surface area contributed by atoms with Gasteiger partial charge in [0.15, 0.2) is 18.2 Å². The summed E-state index contributed by atoms with van der Waals surface area (Å²) in [7, 11) is 1.70. The van der Waals surface area contributed by atoms with Crippen molar-refractivity contribution in [3.05, 3.63) is 65.7 Å². The Labute approximate surface area is 145 Å². The molecule has 1 amide bonds. The van der Waals surface area contributed by atoms with Crippen molar-refractivity contribution in [2.24, 2.45) is 0 Å². The smallest absolute Gasteiger partial charge is 0.289 e. The second-order valence-corrected chi connectivity index (χ2v) is 5.61. The molecule has 0 atom stereocenters. The molecule has 130 valence electrons. The van der Waals surface area contributed by atoms with Gasteiger partial charge in [-0.3, -0.25) is 4.79 Å². The average molecular weight is 341 g/mol. The van der Waals surface area contributed by atoms with Gasteiger partial charge in [0, 0.05) is 20.0 Å². The Kier molecular flexibility index (Phi) is 5.13. The molecule has 0 aliphatic carbocycles. The number of amides is 1. The summed E-state index contributed by atoms with van der Waals surface area (Å²) in [5.74, 6) is 1.84. The van der Waals surface area contributed by atoms with E-state index in [1.807, 2.05) is 31.2 Å². The molecule has 25 heavy (non-hydrogen) atoms. The topological polar surface area (TPSA) is 81.6 Å². The van der Waals surface area contributed by atoms with E-state index in [0.29, 0.717) is 30.4 Å². The van der Waals surface area contributed by atoms with Crippen molar-refractivity contribution < 1.29 is 18.5 Å². The Morgan fingerprint density at radius 2 is 2.08 bits per heavy atom. The Morgan fingerprint density at radius 3 is 2.84 bits per heavy atom. The second kappa shape index (κ2) is 7.65. The van der Waals surface area contributed by atoms with Gasteiger partial charge < -0.3 is 18.6 Å². The number of ether oxygens (including phenoxy) is 1. The van der Waals surface area contributed by atoms with Crippen LogP contribution in [0.3, 0.4) is 0 Å². The van der Waals surface area contributed by atoms with E-state index in [4.69, 9.17) is 13.7 Å². The zero-order chi connectivity index (χ0) is 17.6. The highest BCUT2D eigenvalue weighted by Gasteiger charge is 2.15. The first kappa shape index (κ1) is 16.8. The number of para-hydroxylation sites is 1. The number of aromatic nitrogens is 2. The molecular weight excluding hydrogens is 322 g/mol. The third-order valence-corrected chi connectivity index (χ3v) is 3.70. The number of carbonyl (C=O) groups excluding carboxylic acids is 1. The van der Waals surface area contributed by atoms with Crippen LogP contribution >= 0.6 is 0 Å². The van der Waals surface area contributed by atoms with Crippen LogP contribution in [-0.4, -0.2) is 34.5 Å². The Morgan fingerprint density at radius 1 is 1.24 bits per heavy atom. The lowest BCUT2D eigenvalue weighted by Crippen LogP contribution is -2.28. The van der Waals surface area contributed by atoms with Crippen LogP contribution in [0.4, 0.5) is 0 Å². The van der Waals surface area contributed by atoms with Crippen molar-refractivity contribution >= 4 is 5.91 Å². The van der Waals surface area contributed by atoms with Crippen molar-refractivity contribution in [3.8, 4) is 5.75 Å². The molecule has 0 N–H and O–H groups in total. The zero-order valence-electron chi connectivity index (χ0n) is 14.1. The first-order valence-corrected chi connectivity index (χ1v) is 7.92. The number of rotatable bonds is 7. The number of nitrogens with zero attached hydrogens (tertiary/aromatic N) is 3. The molecule has 0 aliphatic rings. The minimum atomic E-state index is -0.184. The van der Waals surface area contributed by atoms with Crippen LogP contribution in [0.1, 0.15) is 27.8 Å². The van der Waals surface area contributed by atoms with Crippen molar-refractivity contribution in [1.29, 1.82) is 0 Å². The van der Waals surface area contributed by atoms with E-state index in [1.165, 1.54) is 6.26 Å². The molecule has 0 saturated heterocycles. The SMILES string of the molecule is Cc1ccccc1OCc1nc(CCN(C)C(=O)c2ccco2)no1. The molecule has 2 aromatic heterocycles. The summed E-state index contributed by atoms with van der Waals surface area (Å²) in [6.45, 7) is 2.64. The zero-order valence-corrected chi connectivity index (χ0v) is 14.1. The molecule has 0 fully saturated rings. The molecule has 3 aromatic rings. The molecule has 3 rings (SSSR count). The maximum Gasteiger partial charge on any atom is 0.289 e. The van der Waals surface area contributed by atoms with Gasteiger partial charge in [0.25, 0.3) is 11.8 Å². The molecule has 0 bridgehead atoms. The van der Waals surface area contributed by atoms with Gasteiger partial charge >= 0.3 is 0 Å². The maximum absolute atomic E-state index is 12.1. The molecule has 7 nitrogen and oxygen atoms in total. The van der Waals surface area contributed by atoms with Crippen LogP contribution in [0.2, 0.25) is 0 Å². The fourth-order valence-electron chi connectivity index (χ4n) is 2.27. The van der Waals surface area contributed by atoms with Crippen LogP contribution in [0.25, 0.3) is 0 Å². The quantitative estimate of drug-likeness (QED) is 0.657. The van der Waals surface area contributed by atoms with E-state index in [-0.39, 0.29) is 12.5 Å². The lowest BCUT2D eigenvalue weighted by atomic mass is 10.2. The van der Waals surface area contributed by atoms with E-state index in [0.717, 1.165) is 11.3 Å². The number of hydrogen-bond donors (Lipinski definition) is 0. The third-order valence-electron chi connectivity index (χ3n) is 3.70. The summed E-state index contributed by atoms with van der Waals surface area (Å²) >= 11 is 0. The molecule has 7 heteroatoms. The third kappa shape index (κ3) is 4.26.